The summed E-state index contributed by atoms with van der Waals surface area (Å²) >= 11 is 0. The number of piperidine rings is 1. The molecule has 2 fully saturated rings. The predicted octanol–water partition coefficient (Wildman–Crippen LogP) is 1.47. The van der Waals surface area contributed by atoms with Crippen molar-refractivity contribution in [1.82, 2.24) is 10.2 Å². The third-order valence-corrected chi connectivity index (χ3v) is 3.46. The fraction of sp³-hybridized carbons (Fsp3) is 0.846. The van der Waals surface area contributed by atoms with Gasteiger partial charge in [0.15, 0.2) is 0 Å². The SMILES string of the molecule is CC#CCNC1CCN(CC2CC2)CC1. The zero-order valence-corrected chi connectivity index (χ0v) is 9.76. The van der Waals surface area contributed by atoms with Crippen molar-refractivity contribution < 1.29 is 0 Å². The summed E-state index contributed by atoms with van der Waals surface area (Å²) in [5.41, 5.74) is 0. The molecule has 0 aromatic carbocycles. The van der Waals surface area contributed by atoms with Crippen molar-refractivity contribution >= 4 is 0 Å². The Morgan fingerprint density at radius 2 is 1.93 bits per heavy atom. The molecule has 2 nitrogen and oxygen atoms in total. The van der Waals surface area contributed by atoms with Crippen LogP contribution in [0.25, 0.3) is 0 Å². The molecule has 0 radical (unpaired) electrons. The van der Waals surface area contributed by atoms with Crippen LogP contribution in [0.2, 0.25) is 0 Å². The summed E-state index contributed by atoms with van der Waals surface area (Å²) in [6, 6.07) is 0.710. The molecule has 15 heavy (non-hydrogen) atoms. The van der Waals surface area contributed by atoms with Gasteiger partial charge in [-0.2, -0.15) is 0 Å². The lowest BCUT2D eigenvalue weighted by molar-refractivity contribution is 0.193. The Labute approximate surface area is 93.4 Å². The summed E-state index contributed by atoms with van der Waals surface area (Å²) in [5, 5.41) is 3.51. The highest BCUT2D eigenvalue weighted by Gasteiger charge is 2.26. The van der Waals surface area contributed by atoms with Crippen molar-refractivity contribution in [3.63, 3.8) is 0 Å². The van der Waals surface area contributed by atoms with Crippen LogP contribution in [-0.2, 0) is 0 Å². The van der Waals surface area contributed by atoms with E-state index in [1.807, 2.05) is 6.92 Å². The Hall–Kier alpha value is -0.520. The highest BCUT2D eigenvalue weighted by molar-refractivity contribution is 4.98. The summed E-state index contributed by atoms with van der Waals surface area (Å²) < 4.78 is 0. The van der Waals surface area contributed by atoms with Crippen molar-refractivity contribution in [3.8, 4) is 11.8 Å². The van der Waals surface area contributed by atoms with Crippen LogP contribution in [0.1, 0.15) is 32.6 Å². The van der Waals surface area contributed by atoms with Gasteiger partial charge in [-0.05, 0) is 51.6 Å². The van der Waals surface area contributed by atoms with Crippen LogP contribution in [0.5, 0.6) is 0 Å². The van der Waals surface area contributed by atoms with E-state index < -0.39 is 0 Å². The summed E-state index contributed by atoms with van der Waals surface area (Å²) in [6.07, 6.45) is 5.56. The first kappa shape index (κ1) is 11.0. The molecule has 2 rings (SSSR count). The average molecular weight is 206 g/mol. The van der Waals surface area contributed by atoms with Gasteiger partial charge in [0, 0.05) is 12.6 Å². The van der Waals surface area contributed by atoms with Gasteiger partial charge in [0.2, 0.25) is 0 Å². The van der Waals surface area contributed by atoms with Crippen LogP contribution in [0, 0.1) is 17.8 Å². The van der Waals surface area contributed by atoms with E-state index in [0.717, 1.165) is 12.5 Å². The molecular weight excluding hydrogens is 184 g/mol. The Morgan fingerprint density at radius 3 is 2.53 bits per heavy atom. The van der Waals surface area contributed by atoms with Gasteiger partial charge in [0.25, 0.3) is 0 Å². The van der Waals surface area contributed by atoms with Crippen LogP contribution < -0.4 is 5.32 Å². The summed E-state index contributed by atoms with van der Waals surface area (Å²) in [5.74, 6) is 7.04. The number of hydrogen-bond acceptors (Lipinski definition) is 2. The smallest absolute Gasteiger partial charge is 0.0578 e. The fourth-order valence-corrected chi connectivity index (χ4v) is 2.27. The lowest BCUT2D eigenvalue weighted by atomic mass is 10.0. The molecule has 1 heterocycles. The first-order valence-corrected chi connectivity index (χ1v) is 6.24. The van der Waals surface area contributed by atoms with Crippen LogP contribution >= 0.6 is 0 Å². The zero-order valence-electron chi connectivity index (χ0n) is 9.76. The van der Waals surface area contributed by atoms with Gasteiger partial charge < -0.3 is 10.2 Å². The standard InChI is InChI=1S/C13H22N2/c1-2-3-8-14-13-6-9-15(10-7-13)11-12-4-5-12/h12-14H,4-11H2,1H3. The van der Waals surface area contributed by atoms with Gasteiger partial charge in [-0.3, -0.25) is 0 Å². The normalized spacial score (nSPS) is 23.5. The number of nitrogens with zero attached hydrogens (tertiary/aromatic N) is 1. The van der Waals surface area contributed by atoms with Crippen molar-refractivity contribution in [3.05, 3.63) is 0 Å². The second-order valence-electron chi connectivity index (χ2n) is 4.83. The van der Waals surface area contributed by atoms with Crippen LogP contribution in [-0.4, -0.2) is 37.1 Å². The number of nitrogens with one attached hydrogen (secondary N) is 1. The van der Waals surface area contributed by atoms with Crippen molar-refractivity contribution in [2.45, 2.75) is 38.6 Å². The number of hydrogen-bond donors (Lipinski definition) is 1. The van der Waals surface area contributed by atoms with E-state index in [0.29, 0.717) is 6.04 Å². The molecule has 0 aromatic rings. The second-order valence-corrected chi connectivity index (χ2v) is 4.83. The van der Waals surface area contributed by atoms with E-state index in [9.17, 15) is 0 Å². The maximum Gasteiger partial charge on any atom is 0.0578 e. The first-order chi connectivity index (χ1) is 7.38. The highest BCUT2D eigenvalue weighted by Crippen LogP contribution is 2.30. The Balaban J connectivity index is 1.59. The highest BCUT2D eigenvalue weighted by atomic mass is 15.1. The molecule has 1 saturated heterocycles. The van der Waals surface area contributed by atoms with Gasteiger partial charge >= 0.3 is 0 Å². The zero-order chi connectivity index (χ0) is 10.5. The van der Waals surface area contributed by atoms with Crippen molar-refractivity contribution in [1.29, 1.82) is 0 Å². The largest absolute Gasteiger partial charge is 0.303 e. The first-order valence-electron chi connectivity index (χ1n) is 6.24. The van der Waals surface area contributed by atoms with E-state index in [-0.39, 0.29) is 0 Å². The summed E-state index contributed by atoms with van der Waals surface area (Å²) in [4.78, 5) is 2.64. The maximum absolute atomic E-state index is 3.51. The van der Waals surface area contributed by atoms with E-state index in [1.165, 1.54) is 45.3 Å². The van der Waals surface area contributed by atoms with E-state index in [4.69, 9.17) is 0 Å². The van der Waals surface area contributed by atoms with E-state index >= 15 is 0 Å². The molecule has 0 atom stereocenters. The number of likely N-dealkylation sites (tertiary alicyclic amines) is 1. The lowest BCUT2D eigenvalue weighted by Crippen LogP contribution is -2.43. The minimum atomic E-state index is 0.710. The van der Waals surface area contributed by atoms with Crippen molar-refractivity contribution in [2.75, 3.05) is 26.2 Å². The van der Waals surface area contributed by atoms with E-state index in [1.54, 1.807) is 0 Å². The molecular formula is C13H22N2. The minimum absolute atomic E-state index is 0.710. The summed E-state index contributed by atoms with van der Waals surface area (Å²) in [6.45, 7) is 6.70. The molecule has 0 amide bonds. The predicted molar refractivity (Wildman–Crippen MR) is 63.6 cm³/mol. The van der Waals surface area contributed by atoms with Crippen LogP contribution in [0.15, 0.2) is 0 Å². The molecule has 1 N–H and O–H groups in total. The van der Waals surface area contributed by atoms with Crippen LogP contribution in [0.4, 0.5) is 0 Å². The van der Waals surface area contributed by atoms with Gasteiger partial charge in [-0.25, -0.2) is 0 Å². The molecule has 1 aliphatic carbocycles. The third kappa shape index (κ3) is 3.85. The summed E-state index contributed by atoms with van der Waals surface area (Å²) in [7, 11) is 0. The molecule has 0 spiro atoms. The van der Waals surface area contributed by atoms with Crippen LogP contribution in [0.3, 0.4) is 0 Å². The second kappa shape index (κ2) is 5.53. The number of rotatable bonds is 4. The molecule has 84 valence electrons. The molecule has 0 unspecified atom stereocenters. The fourth-order valence-electron chi connectivity index (χ4n) is 2.27. The van der Waals surface area contributed by atoms with Gasteiger partial charge in [-0.1, -0.05) is 5.92 Å². The maximum atomic E-state index is 3.51. The average Bonchev–Trinajstić information content (AvgIpc) is 3.05. The van der Waals surface area contributed by atoms with E-state index in [2.05, 4.69) is 22.1 Å². The molecule has 2 heteroatoms. The monoisotopic (exact) mass is 206 g/mol. The van der Waals surface area contributed by atoms with Gasteiger partial charge in [0.1, 0.15) is 0 Å². The molecule has 2 aliphatic rings. The van der Waals surface area contributed by atoms with Crippen molar-refractivity contribution in [2.24, 2.45) is 5.92 Å². The molecule has 0 bridgehead atoms. The quantitative estimate of drug-likeness (QED) is 0.701. The third-order valence-electron chi connectivity index (χ3n) is 3.46. The topological polar surface area (TPSA) is 15.3 Å². The lowest BCUT2D eigenvalue weighted by Gasteiger charge is -2.32. The molecule has 0 aromatic heterocycles. The van der Waals surface area contributed by atoms with Gasteiger partial charge in [-0.15, -0.1) is 5.92 Å². The minimum Gasteiger partial charge on any atom is -0.303 e. The molecule has 1 aliphatic heterocycles. The molecule has 1 saturated carbocycles. The Kier molecular flexibility index (Phi) is 4.05. The Morgan fingerprint density at radius 1 is 1.20 bits per heavy atom. The van der Waals surface area contributed by atoms with Gasteiger partial charge in [0.05, 0.1) is 6.54 Å². The Bertz CT molecular complexity index is 239.